The van der Waals surface area contributed by atoms with Crippen molar-refractivity contribution in [1.82, 2.24) is 20.1 Å². The predicted octanol–water partition coefficient (Wildman–Crippen LogP) is 2.50. The van der Waals surface area contributed by atoms with Crippen LogP contribution >= 0.6 is 0 Å². The first-order chi connectivity index (χ1) is 11.8. The fraction of sp³-hybridized carbons (Fsp3) is 0.0714. The van der Waals surface area contributed by atoms with E-state index in [-0.39, 0.29) is 22.8 Å². The number of alkyl halides is 3. The largest absolute Gasteiger partial charge is 0.479 e. The molecular weight excluding hydrogens is 343 g/mol. The molecule has 25 heavy (non-hydrogen) atoms. The highest BCUT2D eigenvalue weighted by Crippen LogP contribution is 2.29. The lowest BCUT2D eigenvalue weighted by molar-refractivity contribution is -0.159. The topological polar surface area (TPSA) is 114 Å². The zero-order valence-electron chi connectivity index (χ0n) is 12.2. The average molecular weight is 351 g/mol. The van der Waals surface area contributed by atoms with Gasteiger partial charge in [0.05, 0.1) is 0 Å². The molecule has 0 bridgehead atoms. The first kappa shape index (κ1) is 16.4. The van der Waals surface area contributed by atoms with Crippen LogP contribution in [0.4, 0.5) is 19.0 Å². The molecule has 3 aromatic rings. The Morgan fingerprint density at radius 2 is 1.84 bits per heavy atom. The van der Waals surface area contributed by atoms with Gasteiger partial charge in [0.25, 0.3) is 5.91 Å². The van der Waals surface area contributed by atoms with Crippen molar-refractivity contribution in [3.8, 4) is 17.4 Å². The van der Waals surface area contributed by atoms with Crippen LogP contribution < -0.4 is 5.32 Å². The van der Waals surface area contributed by atoms with Crippen molar-refractivity contribution in [2.75, 3.05) is 5.32 Å². The Morgan fingerprint density at radius 1 is 1.12 bits per heavy atom. The van der Waals surface area contributed by atoms with Gasteiger partial charge in [-0.05, 0) is 18.2 Å². The Hall–Kier alpha value is -3.50. The minimum absolute atomic E-state index is 0.0922. The SMILES string of the molecule is O=C(Nc1ccnc(O)n1)c1ccc(-c2noc(C(F)(F)F)n2)cc1. The summed E-state index contributed by atoms with van der Waals surface area (Å²) in [5.74, 6) is -2.14. The highest BCUT2D eigenvalue weighted by molar-refractivity contribution is 6.03. The second kappa shape index (κ2) is 6.19. The van der Waals surface area contributed by atoms with Crippen LogP contribution in [0.2, 0.25) is 0 Å². The van der Waals surface area contributed by atoms with Gasteiger partial charge in [-0.15, -0.1) is 0 Å². The Bertz CT molecular complexity index is 909. The molecule has 0 spiro atoms. The van der Waals surface area contributed by atoms with E-state index >= 15 is 0 Å². The summed E-state index contributed by atoms with van der Waals surface area (Å²) in [5, 5.41) is 14.8. The molecule has 11 heteroatoms. The van der Waals surface area contributed by atoms with Gasteiger partial charge < -0.3 is 14.9 Å². The normalized spacial score (nSPS) is 11.3. The second-order valence-corrected chi connectivity index (χ2v) is 4.69. The average Bonchev–Trinajstić information content (AvgIpc) is 3.05. The van der Waals surface area contributed by atoms with Gasteiger partial charge >= 0.3 is 18.1 Å². The van der Waals surface area contributed by atoms with Crippen LogP contribution in [0.1, 0.15) is 16.2 Å². The van der Waals surface area contributed by atoms with Crippen LogP contribution in [0.25, 0.3) is 11.4 Å². The maximum absolute atomic E-state index is 12.4. The maximum atomic E-state index is 12.4. The van der Waals surface area contributed by atoms with Gasteiger partial charge in [-0.3, -0.25) is 4.79 Å². The summed E-state index contributed by atoms with van der Waals surface area (Å²) in [6.45, 7) is 0. The van der Waals surface area contributed by atoms with Gasteiger partial charge in [0.15, 0.2) is 0 Å². The zero-order chi connectivity index (χ0) is 18.0. The molecule has 0 radical (unpaired) electrons. The van der Waals surface area contributed by atoms with Crippen LogP contribution in [0, 0.1) is 0 Å². The van der Waals surface area contributed by atoms with Crippen molar-refractivity contribution in [3.63, 3.8) is 0 Å². The van der Waals surface area contributed by atoms with Crippen molar-refractivity contribution in [1.29, 1.82) is 0 Å². The van der Waals surface area contributed by atoms with Gasteiger partial charge in [-0.1, -0.05) is 17.3 Å². The molecule has 0 aliphatic rings. The van der Waals surface area contributed by atoms with Crippen molar-refractivity contribution in [2.45, 2.75) is 6.18 Å². The molecule has 2 heterocycles. The Labute approximate surface area is 137 Å². The molecule has 0 aliphatic heterocycles. The third kappa shape index (κ3) is 3.71. The number of rotatable bonds is 3. The minimum Gasteiger partial charge on any atom is -0.479 e. The number of amides is 1. The molecule has 2 N–H and O–H groups in total. The third-order valence-corrected chi connectivity index (χ3v) is 2.96. The Balaban J connectivity index is 1.75. The summed E-state index contributed by atoms with van der Waals surface area (Å²) >= 11 is 0. The third-order valence-electron chi connectivity index (χ3n) is 2.96. The molecule has 8 nitrogen and oxygen atoms in total. The molecule has 0 saturated heterocycles. The van der Waals surface area contributed by atoms with Crippen LogP contribution in [0.3, 0.4) is 0 Å². The summed E-state index contributed by atoms with van der Waals surface area (Å²) in [6.07, 6.45) is -3.47. The van der Waals surface area contributed by atoms with Crippen molar-refractivity contribution in [3.05, 3.63) is 48.0 Å². The van der Waals surface area contributed by atoms with E-state index in [9.17, 15) is 18.0 Å². The van der Waals surface area contributed by atoms with Crippen LogP contribution in [0.5, 0.6) is 6.01 Å². The Morgan fingerprint density at radius 3 is 2.44 bits per heavy atom. The van der Waals surface area contributed by atoms with Crippen molar-refractivity contribution >= 4 is 11.7 Å². The number of benzene rings is 1. The number of aromatic nitrogens is 4. The van der Waals surface area contributed by atoms with Gasteiger partial charge in [0.1, 0.15) is 5.82 Å². The summed E-state index contributed by atoms with van der Waals surface area (Å²) in [7, 11) is 0. The van der Waals surface area contributed by atoms with E-state index in [0.29, 0.717) is 0 Å². The number of anilines is 1. The highest BCUT2D eigenvalue weighted by Gasteiger charge is 2.38. The monoisotopic (exact) mass is 351 g/mol. The minimum atomic E-state index is -4.73. The lowest BCUT2D eigenvalue weighted by Crippen LogP contribution is -2.12. The molecular formula is C14H8F3N5O3. The first-order valence-corrected chi connectivity index (χ1v) is 6.67. The highest BCUT2D eigenvalue weighted by atomic mass is 19.4. The van der Waals surface area contributed by atoms with Gasteiger partial charge in [0, 0.05) is 17.3 Å². The van der Waals surface area contributed by atoms with E-state index in [4.69, 9.17) is 5.11 Å². The number of carbonyl (C=O) groups is 1. The molecule has 1 aromatic carbocycles. The Kier molecular flexibility index (Phi) is 4.05. The summed E-state index contributed by atoms with van der Waals surface area (Å²) in [4.78, 5) is 22.4. The van der Waals surface area contributed by atoms with E-state index < -0.39 is 24.0 Å². The summed E-state index contributed by atoms with van der Waals surface area (Å²) < 4.78 is 41.5. The number of halogens is 3. The molecule has 2 aromatic heterocycles. The number of nitrogens with one attached hydrogen (secondary N) is 1. The zero-order valence-corrected chi connectivity index (χ0v) is 12.2. The van der Waals surface area contributed by atoms with E-state index in [2.05, 4.69) is 29.9 Å². The lowest BCUT2D eigenvalue weighted by Gasteiger charge is -2.04. The second-order valence-electron chi connectivity index (χ2n) is 4.69. The predicted molar refractivity (Wildman–Crippen MR) is 76.4 cm³/mol. The number of nitrogens with zero attached hydrogens (tertiary/aromatic N) is 4. The standard InChI is InChI=1S/C14H8F3N5O3/c15-14(16,17)12-21-10(22-25-12)7-1-3-8(4-2-7)11(23)19-9-5-6-18-13(24)20-9/h1-6H,(H2,18,19,20,23,24). The lowest BCUT2D eigenvalue weighted by atomic mass is 10.1. The van der Waals surface area contributed by atoms with E-state index in [1.54, 1.807) is 0 Å². The maximum Gasteiger partial charge on any atom is 0.471 e. The molecule has 0 saturated carbocycles. The van der Waals surface area contributed by atoms with Crippen LogP contribution in [0.15, 0.2) is 41.1 Å². The quantitative estimate of drug-likeness (QED) is 0.745. The fourth-order valence-electron chi connectivity index (χ4n) is 1.83. The number of aromatic hydroxyl groups is 1. The number of hydrogen-bond acceptors (Lipinski definition) is 7. The van der Waals surface area contributed by atoms with E-state index in [1.165, 1.54) is 36.5 Å². The molecule has 128 valence electrons. The van der Waals surface area contributed by atoms with E-state index in [1.807, 2.05) is 0 Å². The van der Waals surface area contributed by atoms with Crippen LogP contribution in [-0.4, -0.2) is 31.1 Å². The molecule has 1 amide bonds. The van der Waals surface area contributed by atoms with Crippen molar-refractivity contribution in [2.24, 2.45) is 0 Å². The number of carbonyl (C=O) groups excluding carboxylic acids is 1. The summed E-state index contributed by atoms with van der Waals surface area (Å²) in [6, 6.07) is 6.37. The van der Waals surface area contributed by atoms with Crippen molar-refractivity contribution < 1.29 is 27.6 Å². The first-order valence-electron chi connectivity index (χ1n) is 6.67. The molecule has 3 rings (SSSR count). The fourth-order valence-corrected chi connectivity index (χ4v) is 1.83. The smallest absolute Gasteiger partial charge is 0.471 e. The molecule has 0 fully saturated rings. The molecule has 0 atom stereocenters. The van der Waals surface area contributed by atoms with Gasteiger partial charge in [-0.2, -0.15) is 23.1 Å². The van der Waals surface area contributed by atoms with E-state index in [0.717, 1.165) is 0 Å². The van der Waals surface area contributed by atoms with Gasteiger partial charge in [0.2, 0.25) is 5.82 Å². The van der Waals surface area contributed by atoms with Crippen LogP contribution in [-0.2, 0) is 6.18 Å². The van der Waals surface area contributed by atoms with Gasteiger partial charge in [-0.25, -0.2) is 4.98 Å². The summed E-state index contributed by atoms with van der Waals surface area (Å²) in [5.41, 5.74) is 0.455. The molecule has 0 unspecified atom stereocenters. The molecule has 0 aliphatic carbocycles. The number of hydrogen-bond donors (Lipinski definition) is 2.